The standard InChI is InChI=1S/C18H12ClF3O3.C2H6/c19-14-8-12-7-13(17(23)24)16(18(20,21)22)25-15(12)9-11(14)6-10-4-2-1-3-5-10;1-2/h1-5,7-9,16H,6H2,(H,23,24);1-2H3. The van der Waals surface area contributed by atoms with Crippen LogP contribution in [0, 0.1) is 0 Å². The lowest BCUT2D eigenvalue weighted by Crippen LogP contribution is -2.40. The van der Waals surface area contributed by atoms with Gasteiger partial charge in [0.15, 0.2) is 0 Å². The number of halogens is 4. The van der Waals surface area contributed by atoms with Gasteiger partial charge in [0.2, 0.25) is 6.10 Å². The average Bonchev–Trinajstić information content (AvgIpc) is 2.63. The van der Waals surface area contributed by atoms with Crippen molar-refractivity contribution >= 4 is 23.6 Å². The second kappa shape index (κ2) is 8.48. The summed E-state index contributed by atoms with van der Waals surface area (Å²) in [5.74, 6) is -1.72. The minimum Gasteiger partial charge on any atom is -0.478 e. The van der Waals surface area contributed by atoms with Gasteiger partial charge in [-0.15, -0.1) is 0 Å². The number of hydrogen-bond donors (Lipinski definition) is 1. The first kappa shape index (κ1) is 20.8. The van der Waals surface area contributed by atoms with Crippen LogP contribution >= 0.6 is 11.6 Å². The van der Waals surface area contributed by atoms with Crippen LogP contribution in [0.2, 0.25) is 5.02 Å². The first-order chi connectivity index (χ1) is 12.8. The fourth-order valence-electron chi connectivity index (χ4n) is 2.63. The molecule has 1 heterocycles. The van der Waals surface area contributed by atoms with Crippen LogP contribution in [0.5, 0.6) is 5.75 Å². The molecule has 0 saturated carbocycles. The molecular weight excluding hydrogens is 381 g/mol. The number of hydrogen-bond acceptors (Lipinski definition) is 2. The first-order valence-electron chi connectivity index (χ1n) is 8.30. The predicted octanol–water partition coefficient (Wildman–Crippen LogP) is 5.75. The van der Waals surface area contributed by atoms with Gasteiger partial charge in [-0.2, -0.15) is 13.2 Å². The zero-order chi connectivity index (χ0) is 20.2. The number of alkyl halides is 3. The third-order valence-electron chi connectivity index (χ3n) is 3.80. The molecule has 3 nitrogen and oxygen atoms in total. The van der Waals surface area contributed by atoms with E-state index in [0.717, 1.165) is 11.6 Å². The van der Waals surface area contributed by atoms with Crippen molar-refractivity contribution in [3.05, 3.63) is 69.8 Å². The van der Waals surface area contributed by atoms with Crippen molar-refractivity contribution in [2.75, 3.05) is 0 Å². The fraction of sp³-hybridized carbons (Fsp3) is 0.250. The van der Waals surface area contributed by atoms with Crippen LogP contribution in [0.4, 0.5) is 13.2 Å². The van der Waals surface area contributed by atoms with Gasteiger partial charge in [-0.05, 0) is 35.8 Å². The average molecular weight is 399 g/mol. The molecule has 0 saturated heterocycles. The Morgan fingerprint density at radius 3 is 2.37 bits per heavy atom. The maximum Gasteiger partial charge on any atom is 0.430 e. The van der Waals surface area contributed by atoms with Gasteiger partial charge < -0.3 is 9.84 Å². The molecule has 1 N–H and O–H groups in total. The van der Waals surface area contributed by atoms with E-state index in [0.29, 0.717) is 17.0 Å². The zero-order valence-electron chi connectivity index (χ0n) is 14.7. The highest BCUT2D eigenvalue weighted by atomic mass is 35.5. The molecule has 0 radical (unpaired) electrons. The van der Waals surface area contributed by atoms with Crippen LogP contribution in [-0.4, -0.2) is 23.4 Å². The van der Waals surface area contributed by atoms with Crippen molar-refractivity contribution < 1.29 is 27.8 Å². The molecule has 0 fully saturated rings. The largest absolute Gasteiger partial charge is 0.478 e. The third kappa shape index (κ3) is 4.83. The second-order valence-electron chi connectivity index (χ2n) is 5.59. The molecule has 1 aliphatic rings. The van der Waals surface area contributed by atoms with Gasteiger partial charge >= 0.3 is 12.1 Å². The minimum atomic E-state index is -4.83. The van der Waals surface area contributed by atoms with Gasteiger partial charge in [0.1, 0.15) is 5.75 Å². The van der Waals surface area contributed by atoms with Crippen LogP contribution in [0.1, 0.15) is 30.5 Å². The highest BCUT2D eigenvalue weighted by Gasteiger charge is 2.48. The van der Waals surface area contributed by atoms with E-state index in [2.05, 4.69) is 0 Å². The Bertz CT molecular complexity index is 846. The lowest BCUT2D eigenvalue weighted by molar-refractivity contribution is -0.187. The molecular formula is C20H18ClF3O3. The van der Waals surface area contributed by atoms with Gasteiger partial charge in [-0.25, -0.2) is 4.79 Å². The van der Waals surface area contributed by atoms with Crippen molar-refractivity contribution in [2.24, 2.45) is 0 Å². The van der Waals surface area contributed by atoms with E-state index >= 15 is 0 Å². The highest BCUT2D eigenvalue weighted by Crippen LogP contribution is 2.39. The minimum absolute atomic E-state index is 0.0392. The summed E-state index contributed by atoms with van der Waals surface area (Å²) in [6.45, 7) is 4.00. The molecule has 0 spiro atoms. The Labute approximate surface area is 160 Å². The number of carboxylic acid groups (broad SMARTS) is 1. The Morgan fingerprint density at radius 1 is 1.19 bits per heavy atom. The molecule has 7 heteroatoms. The summed E-state index contributed by atoms with van der Waals surface area (Å²) in [5, 5.41) is 9.37. The molecule has 2 aromatic rings. The van der Waals surface area contributed by atoms with E-state index in [1.54, 1.807) is 0 Å². The fourth-order valence-corrected chi connectivity index (χ4v) is 2.87. The number of benzene rings is 2. The van der Waals surface area contributed by atoms with Crippen molar-refractivity contribution in [1.29, 1.82) is 0 Å². The Kier molecular flexibility index (Phi) is 6.54. The van der Waals surface area contributed by atoms with Gasteiger partial charge in [0, 0.05) is 10.6 Å². The zero-order valence-corrected chi connectivity index (χ0v) is 15.4. The number of carbonyl (C=O) groups is 1. The van der Waals surface area contributed by atoms with Crippen LogP contribution < -0.4 is 4.74 Å². The summed E-state index contributed by atoms with van der Waals surface area (Å²) in [5.41, 5.74) is 0.876. The quantitative estimate of drug-likeness (QED) is 0.716. The molecule has 0 aliphatic carbocycles. The van der Waals surface area contributed by atoms with Crippen LogP contribution in [-0.2, 0) is 11.2 Å². The summed E-state index contributed by atoms with van der Waals surface area (Å²) >= 11 is 6.21. The van der Waals surface area contributed by atoms with E-state index in [4.69, 9.17) is 21.4 Å². The maximum atomic E-state index is 13.1. The summed E-state index contributed by atoms with van der Waals surface area (Å²) in [7, 11) is 0. The van der Waals surface area contributed by atoms with E-state index < -0.39 is 23.8 Å². The molecule has 27 heavy (non-hydrogen) atoms. The smallest absolute Gasteiger partial charge is 0.430 e. The first-order valence-corrected chi connectivity index (χ1v) is 8.68. The lowest BCUT2D eigenvalue weighted by Gasteiger charge is -2.27. The van der Waals surface area contributed by atoms with Crippen molar-refractivity contribution in [3.8, 4) is 5.75 Å². The summed E-state index contributed by atoms with van der Waals surface area (Å²) in [6.07, 6.45) is -5.97. The van der Waals surface area contributed by atoms with Crippen LogP contribution in [0.15, 0.2) is 48.0 Å². The van der Waals surface area contributed by atoms with Crippen molar-refractivity contribution in [2.45, 2.75) is 32.5 Å². The molecule has 3 rings (SSSR count). The van der Waals surface area contributed by atoms with Gasteiger partial charge in [0.25, 0.3) is 0 Å². The van der Waals surface area contributed by atoms with Crippen molar-refractivity contribution in [3.63, 3.8) is 0 Å². The number of rotatable bonds is 3. The van der Waals surface area contributed by atoms with Gasteiger partial charge in [-0.3, -0.25) is 0 Å². The van der Waals surface area contributed by atoms with E-state index in [1.807, 2.05) is 44.2 Å². The molecule has 1 aliphatic heterocycles. The molecule has 0 aromatic heterocycles. The van der Waals surface area contributed by atoms with E-state index in [1.165, 1.54) is 12.1 Å². The summed E-state index contributed by atoms with van der Waals surface area (Å²) < 4.78 is 44.3. The maximum absolute atomic E-state index is 13.1. The molecule has 1 atom stereocenters. The van der Waals surface area contributed by atoms with Crippen molar-refractivity contribution in [1.82, 2.24) is 0 Å². The SMILES string of the molecule is CC.O=C(O)C1=Cc2cc(Cl)c(Cc3ccccc3)cc2OC1C(F)(F)F. The second-order valence-corrected chi connectivity index (χ2v) is 6.00. The number of carboxylic acids is 1. The molecule has 0 bridgehead atoms. The molecule has 2 aromatic carbocycles. The van der Waals surface area contributed by atoms with Gasteiger partial charge in [-0.1, -0.05) is 55.8 Å². The summed E-state index contributed by atoms with van der Waals surface area (Å²) in [6, 6.07) is 12.1. The predicted molar refractivity (Wildman–Crippen MR) is 98.1 cm³/mol. The van der Waals surface area contributed by atoms with E-state index in [-0.39, 0.29) is 11.3 Å². The molecule has 144 valence electrons. The third-order valence-corrected chi connectivity index (χ3v) is 4.15. The summed E-state index contributed by atoms with van der Waals surface area (Å²) in [4.78, 5) is 11.1. The molecule has 1 unspecified atom stereocenters. The number of ether oxygens (including phenoxy) is 1. The van der Waals surface area contributed by atoms with Gasteiger partial charge in [0.05, 0.1) is 5.57 Å². The topological polar surface area (TPSA) is 46.5 Å². The normalized spacial score (nSPS) is 15.6. The number of aliphatic carboxylic acids is 1. The Morgan fingerprint density at radius 2 is 1.81 bits per heavy atom. The van der Waals surface area contributed by atoms with E-state index in [9.17, 15) is 18.0 Å². The van der Waals surface area contributed by atoms with Crippen LogP contribution in [0.3, 0.4) is 0 Å². The number of fused-ring (bicyclic) bond motifs is 1. The highest BCUT2D eigenvalue weighted by molar-refractivity contribution is 6.31. The Balaban J connectivity index is 0.00000126. The lowest BCUT2D eigenvalue weighted by atomic mass is 9.97. The van der Waals surface area contributed by atoms with Crippen LogP contribution in [0.25, 0.3) is 6.08 Å². The Hall–Kier alpha value is -2.47. The molecule has 0 amide bonds. The monoisotopic (exact) mass is 398 g/mol.